The fraction of sp³-hybridized carbons (Fsp3) is 0.240. The Balaban J connectivity index is 0.00000267. The highest BCUT2D eigenvalue weighted by atomic mass is 32.2. The van der Waals surface area contributed by atoms with Crippen LogP contribution >= 0.6 is 0 Å². The Bertz CT molecular complexity index is 1670. The van der Waals surface area contributed by atoms with Crippen LogP contribution in [-0.4, -0.2) is 24.9 Å². The fourth-order valence-electron chi connectivity index (χ4n) is 3.92. The number of rotatable bonds is 7. The zero-order valence-corrected chi connectivity index (χ0v) is 20.7. The average Bonchev–Trinajstić information content (AvgIpc) is 3.27. The molecule has 0 amide bonds. The summed E-state index contributed by atoms with van der Waals surface area (Å²) in [5.74, 6) is -2.80. The summed E-state index contributed by atoms with van der Waals surface area (Å²) in [7, 11) is -3.29. The number of nitrogens with zero attached hydrogens (tertiary/aromatic N) is 2. The first kappa shape index (κ1) is 26.4. The van der Waals surface area contributed by atoms with Crippen molar-refractivity contribution in [3.8, 4) is 22.6 Å². The Morgan fingerprint density at radius 1 is 1.14 bits per heavy atom. The summed E-state index contributed by atoms with van der Waals surface area (Å²) in [6, 6.07) is 8.46. The van der Waals surface area contributed by atoms with Gasteiger partial charge in [-0.3, -0.25) is 14.5 Å². The second-order valence-electron chi connectivity index (χ2n) is 8.77. The molecule has 1 aliphatic heterocycles. The van der Waals surface area contributed by atoms with Crippen molar-refractivity contribution < 1.29 is 33.6 Å². The number of fused-ring (bicyclic) bond motifs is 1. The minimum Gasteiger partial charge on any atom is -0.454 e. The van der Waals surface area contributed by atoms with Gasteiger partial charge in [0.25, 0.3) is 5.56 Å². The van der Waals surface area contributed by atoms with E-state index in [1.807, 2.05) is 18.6 Å². The summed E-state index contributed by atoms with van der Waals surface area (Å²) >= 11 is 0. The SMILES string of the molecule is CC(C)c1cccc(Oc2ccc(NS(=O)(=O)CC(F)(F)F)cc2-c2cn(C)c(=O)c3c2=C[CH]N=3)c1F.[HH].[HH]. The third kappa shape index (κ3) is 5.68. The van der Waals surface area contributed by atoms with Gasteiger partial charge in [0.2, 0.25) is 10.0 Å². The van der Waals surface area contributed by atoms with Crippen LogP contribution in [0.5, 0.6) is 11.5 Å². The van der Waals surface area contributed by atoms with Crippen molar-refractivity contribution in [3.63, 3.8) is 0 Å². The smallest absolute Gasteiger partial charge is 0.404 e. The number of alkyl halides is 3. The number of aryl methyl sites for hydroxylation is 1. The van der Waals surface area contributed by atoms with Crippen molar-refractivity contribution in [1.82, 2.24) is 4.57 Å². The molecule has 0 unspecified atom stereocenters. The number of pyridine rings is 1. The highest BCUT2D eigenvalue weighted by Gasteiger charge is 2.35. The number of hydrogen-bond acceptors (Lipinski definition) is 5. The van der Waals surface area contributed by atoms with Gasteiger partial charge in [-0.2, -0.15) is 13.2 Å². The largest absolute Gasteiger partial charge is 0.454 e. The summed E-state index contributed by atoms with van der Waals surface area (Å²) in [6.45, 7) is 5.05. The molecule has 0 aliphatic carbocycles. The molecule has 37 heavy (non-hydrogen) atoms. The molecule has 0 saturated carbocycles. The van der Waals surface area contributed by atoms with E-state index in [4.69, 9.17) is 4.74 Å². The minimum atomic E-state index is -4.94. The Morgan fingerprint density at radius 2 is 1.86 bits per heavy atom. The summed E-state index contributed by atoms with van der Waals surface area (Å²) in [4.78, 5) is 16.6. The van der Waals surface area contributed by atoms with Crippen LogP contribution in [0.25, 0.3) is 17.2 Å². The van der Waals surface area contributed by atoms with Crippen molar-refractivity contribution in [2.45, 2.75) is 25.9 Å². The van der Waals surface area contributed by atoms with E-state index in [-0.39, 0.29) is 42.4 Å². The van der Waals surface area contributed by atoms with Crippen LogP contribution in [0, 0.1) is 12.4 Å². The average molecular weight is 541 g/mol. The molecular weight excluding hydrogens is 514 g/mol. The van der Waals surface area contributed by atoms with E-state index in [9.17, 15) is 26.4 Å². The van der Waals surface area contributed by atoms with Gasteiger partial charge in [0.05, 0.1) is 6.54 Å². The van der Waals surface area contributed by atoms with Crippen LogP contribution in [0.2, 0.25) is 0 Å². The van der Waals surface area contributed by atoms with Gasteiger partial charge >= 0.3 is 6.18 Å². The molecule has 7 nitrogen and oxygen atoms in total. The standard InChI is InChI=1S/C25H22F4N3O4S.2H2/c1-14(2)16-5-4-6-21(22(16)26)36-20-8-7-15(31-37(34,35)13-25(27,28)29)11-18(20)19-12-32(3)24(33)23-17(19)9-10-30-23;;/h4-12,14,31H,13H2,1-3H3;2*1H. The van der Waals surface area contributed by atoms with E-state index in [0.29, 0.717) is 16.3 Å². The van der Waals surface area contributed by atoms with Gasteiger partial charge in [-0.15, -0.1) is 0 Å². The van der Waals surface area contributed by atoms with E-state index in [1.54, 1.807) is 18.2 Å². The zero-order valence-electron chi connectivity index (χ0n) is 19.9. The molecule has 0 fully saturated rings. The molecule has 3 aromatic rings. The molecule has 1 radical (unpaired) electrons. The Labute approximate surface area is 212 Å². The lowest BCUT2D eigenvalue weighted by atomic mass is 10.0. The fourth-order valence-corrected chi connectivity index (χ4v) is 4.91. The first-order valence-electron chi connectivity index (χ1n) is 11.0. The third-order valence-electron chi connectivity index (χ3n) is 5.57. The Morgan fingerprint density at radius 3 is 2.54 bits per heavy atom. The molecule has 0 saturated heterocycles. The maximum atomic E-state index is 15.1. The van der Waals surface area contributed by atoms with Crippen LogP contribution in [0.15, 0.2) is 52.4 Å². The van der Waals surface area contributed by atoms with Crippen molar-refractivity contribution in [2.75, 3.05) is 10.5 Å². The number of hydrogen-bond donors (Lipinski definition) is 1. The maximum Gasteiger partial charge on any atom is 0.404 e. The second-order valence-corrected chi connectivity index (χ2v) is 10.5. The molecule has 0 spiro atoms. The van der Waals surface area contributed by atoms with Crippen molar-refractivity contribution in [1.29, 1.82) is 0 Å². The topological polar surface area (TPSA) is 89.8 Å². The van der Waals surface area contributed by atoms with Crippen LogP contribution in [0.4, 0.5) is 23.2 Å². The quantitative estimate of drug-likeness (QED) is 0.448. The van der Waals surface area contributed by atoms with E-state index in [2.05, 4.69) is 4.99 Å². The van der Waals surface area contributed by atoms with Crippen LogP contribution < -0.4 is 25.6 Å². The van der Waals surface area contributed by atoms with E-state index >= 15 is 4.39 Å². The first-order chi connectivity index (χ1) is 17.3. The molecule has 2 heterocycles. The lowest BCUT2D eigenvalue weighted by molar-refractivity contribution is -0.106. The summed E-state index contributed by atoms with van der Waals surface area (Å²) in [5.41, 5.74) is 0.436. The minimum absolute atomic E-state index is 0. The van der Waals surface area contributed by atoms with Crippen LogP contribution in [-0.2, 0) is 17.1 Å². The first-order valence-corrected chi connectivity index (χ1v) is 12.7. The summed E-state index contributed by atoms with van der Waals surface area (Å²) in [6.07, 6.45) is -1.92. The van der Waals surface area contributed by atoms with Crippen molar-refractivity contribution in [3.05, 3.63) is 81.5 Å². The predicted octanol–water partition coefficient (Wildman–Crippen LogP) is 4.48. The molecule has 1 N–H and O–H groups in total. The highest BCUT2D eigenvalue weighted by Crippen LogP contribution is 2.37. The maximum absolute atomic E-state index is 15.1. The normalized spacial score (nSPS) is 13.2. The molecule has 0 bridgehead atoms. The molecule has 4 rings (SSSR count). The number of benzene rings is 2. The van der Waals surface area contributed by atoms with Gasteiger partial charge in [0.15, 0.2) is 17.3 Å². The Hall–Kier alpha value is -3.67. The van der Waals surface area contributed by atoms with Crippen LogP contribution in [0.3, 0.4) is 0 Å². The predicted molar refractivity (Wildman–Crippen MR) is 135 cm³/mol. The van der Waals surface area contributed by atoms with Gasteiger partial charge in [0.1, 0.15) is 11.1 Å². The van der Waals surface area contributed by atoms with E-state index < -0.39 is 27.8 Å². The zero-order chi connectivity index (χ0) is 27.1. The van der Waals surface area contributed by atoms with Gasteiger partial charge in [-0.1, -0.05) is 26.0 Å². The molecule has 199 valence electrons. The van der Waals surface area contributed by atoms with Gasteiger partial charge < -0.3 is 9.30 Å². The van der Waals surface area contributed by atoms with E-state index in [0.717, 1.165) is 0 Å². The van der Waals surface area contributed by atoms with Gasteiger partial charge in [-0.25, -0.2) is 12.8 Å². The van der Waals surface area contributed by atoms with Crippen molar-refractivity contribution >= 4 is 21.8 Å². The number of aromatic nitrogens is 1. The number of ether oxygens (including phenoxy) is 1. The monoisotopic (exact) mass is 540 g/mol. The van der Waals surface area contributed by atoms with Crippen molar-refractivity contribution in [2.24, 2.45) is 12.0 Å². The second kappa shape index (κ2) is 9.66. The third-order valence-corrected chi connectivity index (χ3v) is 6.82. The number of nitrogens with one attached hydrogen (secondary N) is 1. The molecule has 1 aliphatic rings. The molecule has 1 aromatic heterocycles. The molecule has 12 heteroatoms. The lowest BCUT2D eigenvalue weighted by Crippen LogP contribution is -2.43. The summed E-state index contributed by atoms with van der Waals surface area (Å²) < 4.78 is 86.6. The molecule has 2 aromatic carbocycles. The lowest BCUT2D eigenvalue weighted by Gasteiger charge is -2.17. The number of anilines is 1. The van der Waals surface area contributed by atoms with E-state index in [1.165, 1.54) is 48.6 Å². The van der Waals surface area contributed by atoms with Gasteiger partial charge in [0, 0.05) is 38.1 Å². The summed E-state index contributed by atoms with van der Waals surface area (Å²) in [5, 5.41) is 0.529. The number of sulfonamides is 1. The Kier molecular flexibility index (Phi) is 6.89. The van der Waals surface area contributed by atoms with Crippen LogP contribution in [0.1, 0.15) is 28.2 Å². The molecule has 0 atom stereocenters. The van der Waals surface area contributed by atoms with Gasteiger partial charge in [-0.05, 0) is 41.8 Å². The molecular formula is C25H26F4N3O4S. The number of halogens is 4. The highest BCUT2D eigenvalue weighted by molar-refractivity contribution is 7.92.